The Bertz CT molecular complexity index is 888. The summed E-state index contributed by atoms with van der Waals surface area (Å²) in [4.78, 5) is 24.8. The van der Waals surface area contributed by atoms with Crippen molar-refractivity contribution in [1.82, 2.24) is 0 Å². The zero-order valence-electron chi connectivity index (χ0n) is 13.6. The molecule has 1 heterocycles. The smallest absolute Gasteiger partial charge is 0.287 e. The summed E-state index contributed by atoms with van der Waals surface area (Å²) in [5, 5.41) is 23.0. The summed E-state index contributed by atoms with van der Waals surface area (Å²) in [7, 11) is 0. The van der Waals surface area contributed by atoms with Gasteiger partial charge in [-0.3, -0.25) is 14.9 Å². The van der Waals surface area contributed by atoms with Gasteiger partial charge < -0.3 is 10.2 Å². The standard InChI is InChI=1S/C18H16N4O3/c1-12(18(23)21-9-8-13-4-2-3-5-16(13)21)20-15-6-7-17(22(24)25)14(10-15)11-19/h2-7,10,12,20H,8-9H2,1H3/t12-/m1/s1. The van der Waals surface area contributed by atoms with E-state index in [2.05, 4.69) is 5.32 Å². The maximum Gasteiger partial charge on any atom is 0.287 e. The van der Waals surface area contributed by atoms with Gasteiger partial charge in [0.15, 0.2) is 0 Å². The first-order valence-corrected chi connectivity index (χ1v) is 7.85. The Morgan fingerprint density at radius 2 is 2.12 bits per heavy atom. The maximum atomic E-state index is 12.7. The number of fused-ring (bicyclic) bond motifs is 1. The zero-order chi connectivity index (χ0) is 18.0. The number of amides is 1. The predicted molar refractivity (Wildman–Crippen MR) is 93.4 cm³/mol. The van der Waals surface area contributed by atoms with Crippen LogP contribution in [0.15, 0.2) is 42.5 Å². The Morgan fingerprint density at radius 3 is 2.84 bits per heavy atom. The van der Waals surface area contributed by atoms with Gasteiger partial charge in [-0.2, -0.15) is 5.26 Å². The number of nitriles is 1. The summed E-state index contributed by atoms with van der Waals surface area (Å²) in [5.74, 6) is -0.0817. The van der Waals surface area contributed by atoms with Crippen molar-refractivity contribution >= 4 is 23.0 Å². The number of hydrogen-bond donors (Lipinski definition) is 1. The third kappa shape index (κ3) is 3.15. The van der Waals surface area contributed by atoms with Crippen LogP contribution in [0, 0.1) is 21.4 Å². The van der Waals surface area contributed by atoms with E-state index >= 15 is 0 Å². The van der Waals surface area contributed by atoms with E-state index in [0.717, 1.165) is 17.7 Å². The number of nitrogens with zero attached hydrogens (tertiary/aromatic N) is 3. The molecule has 126 valence electrons. The Labute approximate surface area is 144 Å². The fourth-order valence-electron chi connectivity index (χ4n) is 2.99. The number of para-hydroxylation sites is 1. The van der Waals surface area contributed by atoms with Gasteiger partial charge in [-0.1, -0.05) is 18.2 Å². The van der Waals surface area contributed by atoms with Gasteiger partial charge in [0.05, 0.1) is 4.92 Å². The molecule has 1 aliphatic heterocycles. The number of carbonyl (C=O) groups is 1. The molecule has 3 rings (SSSR count). The highest BCUT2D eigenvalue weighted by atomic mass is 16.6. The fraction of sp³-hybridized carbons (Fsp3) is 0.222. The number of rotatable bonds is 4. The van der Waals surface area contributed by atoms with Crippen LogP contribution in [0.4, 0.5) is 17.1 Å². The van der Waals surface area contributed by atoms with Crippen molar-refractivity contribution in [3.8, 4) is 6.07 Å². The Balaban J connectivity index is 1.77. The van der Waals surface area contributed by atoms with Gasteiger partial charge in [-0.05, 0) is 37.1 Å². The highest BCUT2D eigenvalue weighted by Crippen LogP contribution is 2.28. The molecule has 7 heteroatoms. The van der Waals surface area contributed by atoms with Gasteiger partial charge in [0, 0.05) is 24.0 Å². The van der Waals surface area contributed by atoms with E-state index < -0.39 is 11.0 Å². The number of benzene rings is 2. The summed E-state index contributed by atoms with van der Waals surface area (Å²) in [5.41, 5.74) is 2.27. The zero-order valence-corrected chi connectivity index (χ0v) is 13.6. The lowest BCUT2D eigenvalue weighted by atomic mass is 10.1. The molecule has 0 fully saturated rings. The fourth-order valence-corrected chi connectivity index (χ4v) is 2.99. The first-order chi connectivity index (χ1) is 12.0. The second-order valence-corrected chi connectivity index (χ2v) is 5.84. The third-order valence-electron chi connectivity index (χ3n) is 4.22. The van der Waals surface area contributed by atoms with Crippen LogP contribution < -0.4 is 10.2 Å². The van der Waals surface area contributed by atoms with E-state index in [9.17, 15) is 14.9 Å². The van der Waals surface area contributed by atoms with E-state index in [4.69, 9.17) is 5.26 Å². The first kappa shape index (κ1) is 16.5. The molecule has 0 spiro atoms. The molecule has 7 nitrogen and oxygen atoms in total. The molecule has 0 bridgehead atoms. The lowest BCUT2D eigenvalue weighted by Gasteiger charge is -2.23. The highest BCUT2D eigenvalue weighted by Gasteiger charge is 2.27. The average molecular weight is 336 g/mol. The van der Waals surface area contributed by atoms with Crippen molar-refractivity contribution in [3.63, 3.8) is 0 Å². The van der Waals surface area contributed by atoms with Crippen molar-refractivity contribution in [2.45, 2.75) is 19.4 Å². The van der Waals surface area contributed by atoms with E-state index in [-0.39, 0.29) is 17.2 Å². The van der Waals surface area contributed by atoms with Crippen LogP contribution in [0.2, 0.25) is 0 Å². The summed E-state index contributed by atoms with van der Waals surface area (Å²) in [6.07, 6.45) is 0.824. The molecule has 1 atom stereocenters. The molecule has 2 aromatic rings. The van der Waals surface area contributed by atoms with Crippen molar-refractivity contribution in [2.75, 3.05) is 16.8 Å². The average Bonchev–Trinajstić information content (AvgIpc) is 3.04. The summed E-state index contributed by atoms with van der Waals surface area (Å²) >= 11 is 0. The molecular weight excluding hydrogens is 320 g/mol. The topological polar surface area (TPSA) is 99.3 Å². The highest BCUT2D eigenvalue weighted by molar-refractivity contribution is 6.00. The summed E-state index contributed by atoms with van der Waals surface area (Å²) in [6.45, 7) is 2.37. The maximum absolute atomic E-state index is 12.7. The second-order valence-electron chi connectivity index (χ2n) is 5.84. The van der Waals surface area contributed by atoms with Gasteiger partial charge in [0.2, 0.25) is 5.91 Å². The quantitative estimate of drug-likeness (QED) is 0.683. The van der Waals surface area contributed by atoms with Gasteiger partial charge in [0.1, 0.15) is 17.7 Å². The van der Waals surface area contributed by atoms with Crippen LogP contribution in [-0.4, -0.2) is 23.4 Å². The molecule has 1 amide bonds. The Hall–Kier alpha value is -3.40. The first-order valence-electron chi connectivity index (χ1n) is 7.85. The predicted octanol–water partition coefficient (Wildman–Crippen LogP) is 2.86. The van der Waals surface area contributed by atoms with Gasteiger partial charge in [-0.25, -0.2) is 0 Å². The van der Waals surface area contributed by atoms with E-state index in [0.29, 0.717) is 12.2 Å². The molecular formula is C18H16N4O3. The normalized spacial score (nSPS) is 13.7. The molecule has 0 unspecified atom stereocenters. The summed E-state index contributed by atoms with van der Waals surface area (Å²) < 4.78 is 0. The van der Waals surface area contributed by atoms with Gasteiger partial charge in [-0.15, -0.1) is 0 Å². The van der Waals surface area contributed by atoms with E-state index in [1.54, 1.807) is 11.8 Å². The number of nitro benzene ring substituents is 1. The van der Waals surface area contributed by atoms with Crippen LogP contribution in [-0.2, 0) is 11.2 Å². The molecule has 0 saturated heterocycles. The molecule has 0 aliphatic carbocycles. The minimum Gasteiger partial charge on any atom is -0.374 e. The van der Waals surface area contributed by atoms with Crippen LogP contribution in [0.3, 0.4) is 0 Å². The molecule has 25 heavy (non-hydrogen) atoms. The minimum atomic E-state index is -0.599. The van der Waals surface area contributed by atoms with Gasteiger partial charge in [0.25, 0.3) is 5.69 Å². The van der Waals surface area contributed by atoms with Crippen molar-refractivity contribution < 1.29 is 9.72 Å². The van der Waals surface area contributed by atoms with Crippen molar-refractivity contribution in [3.05, 3.63) is 63.7 Å². The minimum absolute atomic E-state index is 0.0406. The SMILES string of the molecule is C[C@@H](Nc1ccc([N+](=O)[O-])c(C#N)c1)C(=O)N1CCc2ccccc21. The van der Waals surface area contributed by atoms with Crippen LogP contribution in [0.5, 0.6) is 0 Å². The number of hydrogen-bond acceptors (Lipinski definition) is 5. The molecule has 1 aliphatic rings. The summed E-state index contributed by atoms with van der Waals surface area (Å²) in [6, 6.07) is 13.2. The van der Waals surface area contributed by atoms with Crippen molar-refractivity contribution in [1.29, 1.82) is 5.26 Å². The van der Waals surface area contributed by atoms with E-state index in [1.807, 2.05) is 30.3 Å². The number of nitrogens with one attached hydrogen (secondary N) is 1. The number of carbonyl (C=O) groups excluding carboxylic acids is 1. The number of nitro groups is 1. The second kappa shape index (κ2) is 6.61. The molecule has 0 radical (unpaired) electrons. The van der Waals surface area contributed by atoms with E-state index in [1.165, 1.54) is 18.2 Å². The molecule has 1 N–H and O–H groups in total. The largest absolute Gasteiger partial charge is 0.374 e. The molecule has 0 aromatic heterocycles. The monoisotopic (exact) mass is 336 g/mol. The third-order valence-corrected chi connectivity index (χ3v) is 4.22. The van der Waals surface area contributed by atoms with Crippen LogP contribution in [0.25, 0.3) is 0 Å². The molecule has 0 saturated carbocycles. The lowest BCUT2D eigenvalue weighted by Crippen LogP contribution is -2.40. The van der Waals surface area contributed by atoms with Gasteiger partial charge >= 0.3 is 0 Å². The van der Waals surface area contributed by atoms with Crippen LogP contribution in [0.1, 0.15) is 18.1 Å². The van der Waals surface area contributed by atoms with Crippen molar-refractivity contribution in [2.24, 2.45) is 0 Å². The Kier molecular flexibility index (Phi) is 4.35. The number of anilines is 2. The molecule has 2 aromatic carbocycles. The van der Waals surface area contributed by atoms with Crippen LogP contribution >= 0.6 is 0 Å². The lowest BCUT2D eigenvalue weighted by molar-refractivity contribution is -0.385. The Morgan fingerprint density at radius 1 is 1.36 bits per heavy atom.